The highest BCUT2D eigenvalue weighted by Crippen LogP contribution is 2.36. The summed E-state index contributed by atoms with van der Waals surface area (Å²) in [6, 6.07) is 6.90. The number of likely N-dealkylation sites (tertiary alicyclic amines) is 1. The molecule has 5 rings (SSSR count). The van der Waals surface area contributed by atoms with Gasteiger partial charge in [-0.15, -0.1) is 11.3 Å². The predicted octanol–water partition coefficient (Wildman–Crippen LogP) is 2.83. The smallest absolute Gasteiger partial charge is 0.247 e. The van der Waals surface area contributed by atoms with Crippen LogP contribution in [0.2, 0.25) is 0 Å². The maximum Gasteiger partial charge on any atom is 0.247 e. The summed E-state index contributed by atoms with van der Waals surface area (Å²) in [5, 5.41) is 4.63. The number of hydrogen-bond acceptors (Lipinski definition) is 8. The molecule has 198 valence electrons. The lowest BCUT2D eigenvalue weighted by Gasteiger charge is -2.33. The Bertz CT molecular complexity index is 1180. The molecule has 3 heterocycles. The third-order valence-electron chi connectivity index (χ3n) is 7.67. The summed E-state index contributed by atoms with van der Waals surface area (Å²) in [7, 11) is 0. The molecule has 3 aliphatic rings. The molecule has 1 saturated carbocycles. The topological polar surface area (TPSA) is 127 Å². The van der Waals surface area contributed by atoms with Crippen molar-refractivity contribution in [1.82, 2.24) is 20.2 Å². The molecule has 10 heteroatoms. The van der Waals surface area contributed by atoms with Crippen molar-refractivity contribution in [1.29, 1.82) is 0 Å². The molecule has 2 aliphatic heterocycles. The van der Waals surface area contributed by atoms with E-state index in [0.29, 0.717) is 44.2 Å². The first-order chi connectivity index (χ1) is 17.8. The van der Waals surface area contributed by atoms with Crippen LogP contribution >= 0.6 is 11.3 Å². The molecule has 3 atom stereocenters. The van der Waals surface area contributed by atoms with Gasteiger partial charge in [-0.3, -0.25) is 14.6 Å². The number of aryl methyl sites for hydroxylation is 1. The summed E-state index contributed by atoms with van der Waals surface area (Å²) in [5.74, 6) is 6.51. The van der Waals surface area contributed by atoms with Gasteiger partial charge in [0.15, 0.2) is 0 Å². The van der Waals surface area contributed by atoms with Gasteiger partial charge in [0.25, 0.3) is 0 Å². The third-order valence-corrected chi connectivity index (χ3v) is 8.65. The van der Waals surface area contributed by atoms with Crippen LogP contribution < -0.4 is 16.9 Å². The number of nitrogens with zero attached hydrogens (tertiary/aromatic N) is 3. The minimum Gasteiger partial charge on any atom is -0.400 e. The van der Waals surface area contributed by atoms with Crippen LogP contribution in [-0.4, -0.2) is 58.5 Å². The van der Waals surface area contributed by atoms with E-state index in [4.69, 9.17) is 16.3 Å². The molecule has 37 heavy (non-hydrogen) atoms. The van der Waals surface area contributed by atoms with Gasteiger partial charge in [0, 0.05) is 31.2 Å². The third kappa shape index (κ3) is 5.37. The highest BCUT2D eigenvalue weighted by atomic mass is 32.1. The van der Waals surface area contributed by atoms with E-state index in [9.17, 15) is 9.59 Å². The SMILES string of the molecule is Cc1ncsc1-c1ccc(C(C)NC(=O)C2CCCN2C(=O)C2CCOC/C(=C(/N)C3CC3)N2N)cc1. The molecule has 9 nitrogen and oxygen atoms in total. The first-order valence-corrected chi connectivity index (χ1v) is 13.9. The number of aromatic nitrogens is 1. The van der Waals surface area contributed by atoms with E-state index >= 15 is 0 Å². The zero-order chi connectivity index (χ0) is 26.1. The normalized spacial score (nSPS) is 24.5. The van der Waals surface area contributed by atoms with Crippen LogP contribution in [0.4, 0.5) is 0 Å². The number of hydrazine groups is 1. The molecule has 0 bridgehead atoms. The number of benzene rings is 1. The molecule has 5 N–H and O–H groups in total. The van der Waals surface area contributed by atoms with Crippen molar-refractivity contribution >= 4 is 23.2 Å². The summed E-state index contributed by atoms with van der Waals surface area (Å²) in [4.78, 5) is 34.2. The van der Waals surface area contributed by atoms with Crippen LogP contribution in [0.5, 0.6) is 0 Å². The molecule has 1 aromatic carbocycles. The van der Waals surface area contributed by atoms with Crippen LogP contribution in [0.1, 0.15) is 56.3 Å². The molecule has 3 fully saturated rings. The van der Waals surface area contributed by atoms with Crippen LogP contribution in [0.15, 0.2) is 41.2 Å². The molecular weight excluding hydrogens is 488 g/mol. The Balaban J connectivity index is 1.25. The summed E-state index contributed by atoms with van der Waals surface area (Å²) in [5.41, 5.74) is 12.8. The Morgan fingerprint density at radius 1 is 1.16 bits per heavy atom. The molecule has 1 aliphatic carbocycles. The number of amides is 2. The number of allylic oxidation sites excluding steroid dienone is 1. The quantitative estimate of drug-likeness (QED) is 0.496. The van der Waals surface area contributed by atoms with Crippen molar-refractivity contribution in [3.63, 3.8) is 0 Å². The van der Waals surface area contributed by atoms with Crippen molar-refractivity contribution in [2.24, 2.45) is 17.5 Å². The first-order valence-electron chi connectivity index (χ1n) is 13.1. The molecule has 1 aromatic heterocycles. The number of rotatable bonds is 6. The number of carbonyl (C=O) groups is 2. The molecule has 2 saturated heterocycles. The van der Waals surface area contributed by atoms with Gasteiger partial charge in [0.1, 0.15) is 12.1 Å². The van der Waals surface area contributed by atoms with Crippen molar-refractivity contribution in [3.8, 4) is 10.4 Å². The Morgan fingerprint density at radius 2 is 1.92 bits per heavy atom. The van der Waals surface area contributed by atoms with Gasteiger partial charge in [0.05, 0.1) is 34.4 Å². The molecular formula is C27H36N6O3S. The average Bonchev–Trinajstić information content (AvgIpc) is 3.53. The van der Waals surface area contributed by atoms with Crippen LogP contribution in [0.25, 0.3) is 10.4 Å². The van der Waals surface area contributed by atoms with Crippen molar-refractivity contribution in [2.45, 2.75) is 64.1 Å². The molecule has 2 amide bonds. The Labute approximate surface area is 221 Å². The van der Waals surface area contributed by atoms with E-state index in [0.717, 1.165) is 46.7 Å². The van der Waals surface area contributed by atoms with Crippen molar-refractivity contribution in [3.05, 3.63) is 52.4 Å². The fourth-order valence-corrected chi connectivity index (χ4v) is 6.07. The lowest BCUT2D eigenvalue weighted by atomic mass is 10.0. The lowest BCUT2D eigenvalue weighted by molar-refractivity contribution is -0.142. The summed E-state index contributed by atoms with van der Waals surface area (Å²) >= 11 is 1.62. The number of nitrogens with one attached hydrogen (secondary N) is 1. The van der Waals surface area contributed by atoms with Crippen molar-refractivity contribution in [2.75, 3.05) is 19.8 Å². The van der Waals surface area contributed by atoms with E-state index in [2.05, 4.69) is 22.4 Å². The minimum atomic E-state index is -0.594. The zero-order valence-corrected chi connectivity index (χ0v) is 22.3. The Morgan fingerprint density at radius 3 is 2.59 bits per heavy atom. The fourth-order valence-electron chi connectivity index (χ4n) is 5.26. The number of nitrogens with two attached hydrogens (primary N) is 2. The lowest BCUT2D eigenvalue weighted by Crippen LogP contribution is -2.55. The highest BCUT2D eigenvalue weighted by molar-refractivity contribution is 7.13. The second kappa shape index (κ2) is 10.8. The van der Waals surface area contributed by atoms with Gasteiger partial charge in [-0.1, -0.05) is 24.3 Å². The number of carbonyl (C=O) groups excluding carboxylic acids is 2. The molecule has 0 radical (unpaired) electrons. The first kappa shape index (κ1) is 25.7. The maximum absolute atomic E-state index is 13.7. The number of hydrogen-bond donors (Lipinski definition) is 3. The Kier molecular flexibility index (Phi) is 7.50. The molecule has 0 spiro atoms. The highest BCUT2D eigenvalue weighted by Gasteiger charge is 2.41. The largest absolute Gasteiger partial charge is 0.400 e. The van der Waals surface area contributed by atoms with Gasteiger partial charge < -0.3 is 20.7 Å². The van der Waals surface area contributed by atoms with Gasteiger partial charge in [-0.25, -0.2) is 10.8 Å². The maximum atomic E-state index is 13.7. The monoisotopic (exact) mass is 524 g/mol. The van der Waals surface area contributed by atoms with E-state index in [1.807, 2.05) is 31.5 Å². The van der Waals surface area contributed by atoms with E-state index in [1.165, 1.54) is 5.01 Å². The van der Waals surface area contributed by atoms with Gasteiger partial charge in [0.2, 0.25) is 11.8 Å². The van der Waals surface area contributed by atoms with E-state index in [-0.39, 0.29) is 17.9 Å². The zero-order valence-electron chi connectivity index (χ0n) is 21.5. The minimum absolute atomic E-state index is 0.135. The summed E-state index contributed by atoms with van der Waals surface area (Å²) in [6.45, 7) is 5.24. The van der Waals surface area contributed by atoms with Crippen molar-refractivity contribution < 1.29 is 14.3 Å². The molecule has 2 aromatic rings. The van der Waals surface area contributed by atoms with Gasteiger partial charge >= 0.3 is 0 Å². The number of thiazole rings is 1. The van der Waals surface area contributed by atoms with Gasteiger partial charge in [-0.05, 0) is 50.7 Å². The fraction of sp³-hybridized carbons (Fsp3) is 0.519. The molecule has 3 unspecified atom stereocenters. The summed E-state index contributed by atoms with van der Waals surface area (Å²) < 4.78 is 5.72. The Hall–Kier alpha value is -2.95. The van der Waals surface area contributed by atoms with Crippen LogP contribution in [0, 0.1) is 12.8 Å². The predicted molar refractivity (Wildman–Crippen MR) is 143 cm³/mol. The van der Waals surface area contributed by atoms with E-state index < -0.39 is 12.1 Å². The number of ether oxygens (including phenoxy) is 1. The second-order valence-corrected chi connectivity index (χ2v) is 11.1. The second-order valence-electron chi connectivity index (χ2n) is 10.2. The standard InChI is InChI=1S/C27H36N6O3S/c1-16(18-5-9-20(10-6-18)25-17(2)30-15-37-25)31-26(34)21-4-3-12-32(21)27(35)22-11-13-36-14-23(33(22)29)24(28)19-7-8-19/h5-6,9-10,15-16,19,21-22H,3-4,7-8,11-14,28-29H2,1-2H3,(H,31,34)/b24-23-. The van der Waals surface area contributed by atoms with E-state index in [1.54, 1.807) is 16.2 Å². The van der Waals surface area contributed by atoms with Crippen LogP contribution in [0.3, 0.4) is 0 Å². The summed E-state index contributed by atoms with van der Waals surface area (Å²) in [6.07, 6.45) is 3.96. The van der Waals surface area contributed by atoms with Crippen LogP contribution in [-0.2, 0) is 14.3 Å². The average molecular weight is 525 g/mol. The van der Waals surface area contributed by atoms with Gasteiger partial charge in [-0.2, -0.15) is 0 Å².